The van der Waals surface area contributed by atoms with Crippen LogP contribution in [0, 0.1) is 18.7 Å². The van der Waals surface area contributed by atoms with E-state index in [2.05, 4.69) is 5.32 Å². The van der Waals surface area contributed by atoms with Gasteiger partial charge in [0.15, 0.2) is 0 Å². The highest BCUT2D eigenvalue weighted by Gasteiger charge is 2.27. The van der Waals surface area contributed by atoms with E-state index in [9.17, 15) is 17.6 Å². The molecule has 0 saturated carbocycles. The Morgan fingerprint density at radius 3 is 2.11 bits per heavy atom. The molecule has 2 rings (SSSR count). The second-order valence-electron chi connectivity index (χ2n) is 6.90. The van der Waals surface area contributed by atoms with Crippen molar-refractivity contribution in [3.8, 4) is 0 Å². The first-order valence-electron chi connectivity index (χ1n) is 8.75. The monoisotopic (exact) mass is 392 g/mol. The van der Waals surface area contributed by atoms with Crippen LogP contribution in [-0.2, 0) is 14.8 Å². The maximum Gasteiger partial charge on any atom is 0.264 e. The normalized spacial score (nSPS) is 12.7. The molecule has 2 aromatic rings. The molecule has 146 valence electrons. The maximum absolute atomic E-state index is 13.2. The van der Waals surface area contributed by atoms with Gasteiger partial charge in [-0.2, -0.15) is 0 Å². The Balaban J connectivity index is 2.39. The fraction of sp³-hybridized carbons (Fsp3) is 0.350. The zero-order chi connectivity index (χ0) is 20.2. The molecule has 0 spiro atoms. The summed E-state index contributed by atoms with van der Waals surface area (Å²) in [6, 6.07) is 11.3. The summed E-state index contributed by atoms with van der Waals surface area (Å²) in [4.78, 5) is 12.4. The van der Waals surface area contributed by atoms with Crippen molar-refractivity contribution in [2.45, 2.75) is 38.6 Å². The van der Waals surface area contributed by atoms with E-state index in [-0.39, 0.29) is 23.4 Å². The van der Waals surface area contributed by atoms with Crippen molar-refractivity contribution in [1.29, 1.82) is 0 Å². The summed E-state index contributed by atoms with van der Waals surface area (Å²) >= 11 is 0. The molecule has 0 aliphatic heterocycles. The standard InChI is InChI=1S/C20H25FN2O3S/c1-14(2)16(4)22-20(24)13-23(18-9-5-15(3)6-10-18)27(25,26)19-11-7-17(21)8-12-19/h5-12,14,16H,13H2,1-4H3,(H,22,24)/t16-/m1/s1. The minimum absolute atomic E-state index is 0.0748. The predicted octanol–water partition coefficient (Wildman–Crippen LogP) is 3.49. The SMILES string of the molecule is Cc1ccc(N(CC(=O)N[C@H](C)C(C)C)S(=O)(=O)c2ccc(F)cc2)cc1. The average Bonchev–Trinajstić information content (AvgIpc) is 2.60. The highest BCUT2D eigenvalue weighted by atomic mass is 32.2. The van der Waals surface area contributed by atoms with Gasteiger partial charge >= 0.3 is 0 Å². The van der Waals surface area contributed by atoms with E-state index >= 15 is 0 Å². The van der Waals surface area contributed by atoms with Gasteiger partial charge in [0.1, 0.15) is 12.4 Å². The minimum Gasteiger partial charge on any atom is -0.352 e. The lowest BCUT2D eigenvalue weighted by Crippen LogP contribution is -2.45. The van der Waals surface area contributed by atoms with Gasteiger partial charge in [0.25, 0.3) is 10.0 Å². The van der Waals surface area contributed by atoms with Crippen molar-refractivity contribution >= 4 is 21.6 Å². The number of halogens is 1. The lowest BCUT2D eigenvalue weighted by atomic mass is 10.1. The number of sulfonamides is 1. The predicted molar refractivity (Wildman–Crippen MR) is 105 cm³/mol. The summed E-state index contributed by atoms with van der Waals surface area (Å²) in [6.07, 6.45) is 0. The summed E-state index contributed by atoms with van der Waals surface area (Å²) in [6.45, 7) is 7.34. The van der Waals surface area contributed by atoms with Gasteiger partial charge < -0.3 is 5.32 Å². The molecular formula is C20H25FN2O3S. The summed E-state index contributed by atoms with van der Waals surface area (Å²) in [7, 11) is -4.03. The number of hydrogen-bond acceptors (Lipinski definition) is 3. The van der Waals surface area contributed by atoms with Gasteiger partial charge in [-0.15, -0.1) is 0 Å². The van der Waals surface area contributed by atoms with Crippen LogP contribution >= 0.6 is 0 Å². The molecular weight excluding hydrogens is 367 g/mol. The Labute approximate surface area is 160 Å². The molecule has 2 aromatic carbocycles. The molecule has 0 aliphatic rings. The summed E-state index contributed by atoms with van der Waals surface area (Å²) < 4.78 is 40.5. The molecule has 5 nitrogen and oxygen atoms in total. The third kappa shape index (κ3) is 5.29. The molecule has 27 heavy (non-hydrogen) atoms. The van der Waals surface area contributed by atoms with Crippen molar-refractivity contribution in [2.75, 3.05) is 10.8 Å². The molecule has 1 atom stereocenters. The Kier molecular flexibility index (Phi) is 6.59. The molecule has 0 aromatic heterocycles. The fourth-order valence-corrected chi connectivity index (χ4v) is 3.78. The molecule has 0 unspecified atom stereocenters. The van der Waals surface area contributed by atoms with E-state index in [4.69, 9.17) is 0 Å². The van der Waals surface area contributed by atoms with Gasteiger partial charge in [-0.3, -0.25) is 9.10 Å². The molecule has 1 N–H and O–H groups in total. The number of rotatable bonds is 7. The van der Waals surface area contributed by atoms with Crippen molar-refractivity contribution in [2.24, 2.45) is 5.92 Å². The number of hydrogen-bond donors (Lipinski definition) is 1. The maximum atomic E-state index is 13.2. The molecule has 1 amide bonds. The Morgan fingerprint density at radius 2 is 1.59 bits per heavy atom. The summed E-state index contributed by atoms with van der Waals surface area (Å²) in [5.41, 5.74) is 1.34. The van der Waals surface area contributed by atoms with Crippen molar-refractivity contribution in [3.63, 3.8) is 0 Å². The quantitative estimate of drug-likeness (QED) is 0.784. The number of carbonyl (C=O) groups is 1. The average molecular weight is 392 g/mol. The van der Waals surface area contributed by atoms with Gasteiger partial charge in [-0.1, -0.05) is 31.5 Å². The molecule has 0 heterocycles. The van der Waals surface area contributed by atoms with Crippen LogP contribution in [0.25, 0.3) is 0 Å². The van der Waals surface area contributed by atoms with Crippen LogP contribution in [0.5, 0.6) is 0 Å². The van der Waals surface area contributed by atoms with Crippen LogP contribution in [0.2, 0.25) is 0 Å². The van der Waals surface area contributed by atoms with E-state index in [1.807, 2.05) is 27.7 Å². The first-order valence-corrected chi connectivity index (χ1v) is 10.2. The van der Waals surface area contributed by atoms with Crippen LogP contribution < -0.4 is 9.62 Å². The number of nitrogens with one attached hydrogen (secondary N) is 1. The van der Waals surface area contributed by atoms with E-state index in [1.54, 1.807) is 24.3 Å². The molecule has 0 aliphatic carbocycles. The fourth-order valence-electron chi connectivity index (χ4n) is 2.36. The zero-order valence-electron chi connectivity index (χ0n) is 15.9. The van der Waals surface area contributed by atoms with Crippen molar-refractivity contribution in [1.82, 2.24) is 5.32 Å². The molecule has 0 fully saturated rings. The van der Waals surface area contributed by atoms with Crippen LogP contribution in [0.1, 0.15) is 26.3 Å². The second-order valence-corrected chi connectivity index (χ2v) is 8.76. The zero-order valence-corrected chi connectivity index (χ0v) is 16.8. The number of amides is 1. The lowest BCUT2D eigenvalue weighted by Gasteiger charge is -2.26. The smallest absolute Gasteiger partial charge is 0.264 e. The summed E-state index contributed by atoms with van der Waals surface area (Å²) in [5.74, 6) is -0.711. The van der Waals surface area contributed by atoms with Crippen LogP contribution in [0.15, 0.2) is 53.4 Å². The first kappa shape index (κ1) is 20.9. The summed E-state index contributed by atoms with van der Waals surface area (Å²) in [5, 5.41) is 2.82. The van der Waals surface area contributed by atoms with E-state index in [0.29, 0.717) is 5.69 Å². The molecule has 7 heteroatoms. The number of carbonyl (C=O) groups excluding carboxylic acids is 1. The molecule has 0 radical (unpaired) electrons. The van der Waals surface area contributed by atoms with Gasteiger partial charge in [-0.05, 0) is 56.2 Å². The Hall–Kier alpha value is -2.41. The van der Waals surface area contributed by atoms with Crippen LogP contribution in [0.4, 0.5) is 10.1 Å². The highest BCUT2D eigenvalue weighted by Crippen LogP contribution is 2.24. The van der Waals surface area contributed by atoms with E-state index < -0.39 is 21.7 Å². The molecule has 0 saturated heterocycles. The largest absolute Gasteiger partial charge is 0.352 e. The number of anilines is 1. The topological polar surface area (TPSA) is 66.5 Å². The van der Waals surface area contributed by atoms with Crippen molar-refractivity contribution in [3.05, 3.63) is 59.9 Å². The second kappa shape index (κ2) is 8.52. The van der Waals surface area contributed by atoms with E-state index in [1.165, 1.54) is 12.1 Å². The third-order valence-corrected chi connectivity index (χ3v) is 6.19. The van der Waals surface area contributed by atoms with Gasteiger partial charge in [0.05, 0.1) is 10.6 Å². The number of aryl methyl sites for hydroxylation is 1. The van der Waals surface area contributed by atoms with Crippen LogP contribution in [0.3, 0.4) is 0 Å². The number of benzene rings is 2. The molecule has 0 bridgehead atoms. The Morgan fingerprint density at radius 1 is 1.04 bits per heavy atom. The van der Waals surface area contributed by atoms with Gasteiger partial charge in [0.2, 0.25) is 5.91 Å². The lowest BCUT2D eigenvalue weighted by molar-refractivity contribution is -0.120. The Bertz CT molecular complexity index is 878. The van der Waals surface area contributed by atoms with E-state index in [0.717, 1.165) is 22.0 Å². The highest BCUT2D eigenvalue weighted by molar-refractivity contribution is 7.92. The van der Waals surface area contributed by atoms with Crippen LogP contribution in [-0.4, -0.2) is 26.9 Å². The number of nitrogens with zero attached hydrogens (tertiary/aromatic N) is 1. The first-order chi connectivity index (χ1) is 12.6. The van der Waals surface area contributed by atoms with Gasteiger partial charge in [0, 0.05) is 6.04 Å². The van der Waals surface area contributed by atoms with Crippen molar-refractivity contribution < 1.29 is 17.6 Å². The third-order valence-electron chi connectivity index (χ3n) is 4.40. The van der Waals surface area contributed by atoms with Gasteiger partial charge in [-0.25, -0.2) is 12.8 Å². The minimum atomic E-state index is -4.03.